The number of ether oxygens (including phenoxy) is 2. The fourth-order valence-electron chi connectivity index (χ4n) is 2.68. The monoisotopic (exact) mass is 279 g/mol. The molecule has 0 saturated heterocycles. The van der Waals surface area contributed by atoms with Gasteiger partial charge in [0, 0.05) is 11.5 Å². The van der Waals surface area contributed by atoms with Crippen LogP contribution < -0.4 is 14.8 Å². The fourth-order valence-corrected chi connectivity index (χ4v) is 2.68. The number of hydrogen-bond donors (Lipinski definition) is 2. The molecule has 1 saturated carbocycles. The molecule has 1 aliphatic carbocycles. The molecule has 2 rings (SSSR count). The summed E-state index contributed by atoms with van der Waals surface area (Å²) in [7, 11) is 3.29. The van der Waals surface area contributed by atoms with Crippen molar-refractivity contribution in [2.45, 2.75) is 38.8 Å². The van der Waals surface area contributed by atoms with Crippen molar-refractivity contribution in [3.8, 4) is 11.5 Å². The van der Waals surface area contributed by atoms with E-state index >= 15 is 0 Å². The first-order valence-electron chi connectivity index (χ1n) is 7.11. The maximum absolute atomic E-state index is 9.72. The Labute approximate surface area is 121 Å². The van der Waals surface area contributed by atoms with Crippen LogP contribution in [0.2, 0.25) is 0 Å². The quantitative estimate of drug-likeness (QED) is 0.836. The van der Waals surface area contributed by atoms with Crippen LogP contribution >= 0.6 is 0 Å². The van der Waals surface area contributed by atoms with Crippen LogP contribution in [0.5, 0.6) is 11.5 Å². The Hall–Kier alpha value is -1.26. The average Bonchev–Trinajstić information content (AvgIpc) is 2.46. The van der Waals surface area contributed by atoms with Gasteiger partial charge in [-0.2, -0.15) is 0 Å². The lowest BCUT2D eigenvalue weighted by Crippen LogP contribution is -2.60. The molecule has 112 valence electrons. The number of benzene rings is 1. The Morgan fingerprint density at radius 3 is 2.50 bits per heavy atom. The van der Waals surface area contributed by atoms with Crippen molar-refractivity contribution in [2.75, 3.05) is 20.8 Å². The van der Waals surface area contributed by atoms with Crippen molar-refractivity contribution in [3.63, 3.8) is 0 Å². The van der Waals surface area contributed by atoms with E-state index in [0.717, 1.165) is 30.9 Å². The minimum atomic E-state index is -0.180. The molecule has 2 N–H and O–H groups in total. The highest BCUT2D eigenvalue weighted by molar-refractivity contribution is 5.42. The number of nitrogens with one attached hydrogen (secondary N) is 1. The molecule has 1 aromatic carbocycles. The molecule has 0 heterocycles. The predicted octanol–water partition coefficient (Wildman–Crippen LogP) is 2.00. The number of rotatable bonds is 6. The van der Waals surface area contributed by atoms with Crippen molar-refractivity contribution in [3.05, 3.63) is 23.8 Å². The topological polar surface area (TPSA) is 50.7 Å². The van der Waals surface area contributed by atoms with Gasteiger partial charge in [0.15, 0.2) is 11.5 Å². The third-order valence-corrected chi connectivity index (χ3v) is 4.47. The Kier molecular flexibility index (Phi) is 4.55. The Bertz CT molecular complexity index is 459. The second kappa shape index (κ2) is 6.02. The van der Waals surface area contributed by atoms with Gasteiger partial charge in [0.1, 0.15) is 0 Å². The molecule has 1 aromatic rings. The zero-order chi connectivity index (χ0) is 14.8. The SMILES string of the molecule is COc1ccc(CCNC2CC(O)C2(C)C)cc1OC. The highest BCUT2D eigenvalue weighted by Crippen LogP contribution is 2.40. The van der Waals surface area contributed by atoms with Crippen LogP contribution in [0.4, 0.5) is 0 Å². The van der Waals surface area contributed by atoms with Gasteiger partial charge in [0.2, 0.25) is 0 Å². The Morgan fingerprint density at radius 2 is 1.95 bits per heavy atom. The summed E-state index contributed by atoms with van der Waals surface area (Å²) in [5.74, 6) is 1.52. The van der Waals surface area contributed by atoms with Crippen LogP contribution in [0.1, 0.15) is 25.8 Å². The van der Waals surface area contributed by atoms with Crippen LogP contribution in [0.15, 0.2) is 18.2 Å². The summed E-state index contributed by atoms with van der Waals surface area (Å²) >= 11 is 0. The normalized spacial score (nSPS) is 24.1. The highest BCUT2D eigenvalue weighted by atomic mass is 16.5. The van der Waals surface area contributed by atoms with E-state index in [9.17, 15) is 5.11 Å². The molecule has 0 aromatic heterocycles. The zero-order valence-electron chi connectivity index (χ0n) is 12.8. The molecule has 20 heavy (non-hydrogen) atoms. The van der Waals surface area contributed by atoms with Crippen LogP contribution in [0.25, 0.3) is 0 Å². The standard InChI is InChI=1S/C16H25NO3/c1-16(2)14(10-15(16)18)17-8-7-11-5-6-12(19-3)13(9-11)20-4/h5-6,9,14-15,17-18H,7-8,10H2,1-4H3. The smallest absolute Gasteiger partial charge is 0.160 e. The van der Waals surface area contributed by atoms with E-state index in [1.807, 2.05) is 12.1 Å². The number of methoxy groups -OCH3 is 2. The van der Waals surface area contributed by atoms with Crippen LogP contribution in [-0.2, 0) is 6.42 Å². The van der Waals surface area contributed by atoms with Crippen molar-refractivity contribution >= 4 is 0 Å². The summed E-state index contributed by atoms with van der Waals surface area (Å²) in [5, 5.41) is 13.2. The second-order valence-electron chi connectivity index (χ2n) is 6.02. The van der Waals surface area contributed by atoms with Crippen molar-refractivity contribution in [1.82, 2.24) is 5.32 Å². The maximum atomic E-state index is 9.72. The summed E-state index contributed by atoms with van der Waals surface area (Å²) in [4.78, 5) is 0. The van der Waals surface area contributed by atoms with Gasteiger partial charge < -0.3 is 19.9 Å². The molecule has 0 radical (unpaired) electrons. The molecule has 4 nitrogen and oxygen atoms in total. The molecule has 0 amide bonds. The Morgan fingerprint density at radius 1 is 1.25 bits per heavy atom. The van der Waals surface area contributed by atoms with Gasteiger partial charge in [-0.1, -0.05) is 19.9 Å². The second-order valence-corrected chi connectivity index (χ2v) is 6.02. The van der Waals surface area contributed by atoms with Gasteiger partial charge in [0.25, 0.3) is 0 Å². The van der Waals surface area contributed by atoms with Crippen LogP contribution in [-0.4, -0.2) is 38.0 Å². The molecular weight excluding hydrogens is 254 g/mol. The van der Waals surface area contributed by atoms with Gasteiger partial charge in [-0.05, 0) is 37.1 Å². The molecule has 0 aliphatic heterocycles. The first-order chi connectivity index (χ1) is 9.48. The lowest BCUT2D eigenvalue weighted by molar-refractivity contribution is -0.0720. The summed E-state index contributed by atoms with van der Waals surface area (Å²) < 4.78 is 10.5. The van der Waals surface area contributed by atoms with Crippen LogP contribution in [0.3, 0.4) is 0 Å². The lowest BCUT2D eigenvalue weighted by Gasteiger charge is -2.49. The van der Waals surface area contributed by atoms with E-state index in [0.29, 0.717) is 6.04 Å². The van der Waals surface area contributed by atoms with E-state index in [2.05, 4.69) is 25.2 Å². The van der Waals surface area contributed by atoms with E-state index in [1.54, 1.807) is 14.2 Å². The predicted molar refractivity (Wildman–Crippen MR) is 79.4 cm³/mol. The molecule has 1 aliphatic rings. The third-order valence-electron chi connectivity index (χ3n) is 4.47. The molecule has 0 spiro atoms. The lowest BCUT2D eigenvalue weighted by atomic mass is 9.64. The third kappa shape index (κ3) is 2.91. The molecule has 2 atom stereocenters. The summed E-state index contributed by atoms with van der Waals surface area (Å²) in [5.41, 5.74) is 1.20. The Balaban J connectivity index is 1.86. The van der Waals surface area contributed by atoms with Crippen molar-refractivity contribution in [2.24, 2.45) is 5.41 Å². The number of aliphatic hydroxyl groups is 1. The van der Waals surface area contributed by atoms with E-state index in [4.69, 9.17) is 9.47 Å². The van der Waals surface area contributed by atoms with Gasteiger partial charge in [-0.3, -0.25) is 0 Å². The zero-order valence-corrected chi connectivity index (χ0v) is 12.8. The molecule has 4 heteroatoms. The molecule has 2 unspecified atom stereocenters. The average molecular weight is 279 g/mol. The molecular formula is C16H25NO3. The number of hydrogen-bond acceptors (Lipinski definition) is 4. The van der Waals surface area contributed by atoms with E-state index in [-0.39, 0.29) is 11.5 Å². The summed E-state index contributed by atoms with van der Waals surface area (Å²) in [6, 6.07) is 6.41. The van der Waals surface area contributed by atoms with Crippen molar-refractivity contribution < 1.29 is 14.6 Å². The first kappa shape index (κ1) is 15.1. The maximum Gasteiger partial charge on any atom is 0.160 e. The highest BCUT2D eigenvalue weighted by Gasteiger charge is 2.46. The van der Waals surface area contributed by atoms with Gasteiger partial charge >= 0.3 is 0 Å². The minimum absolute atomic E-state index is 0.0163. The van der Waals surface area contributed by atoms with Gasteiger partial charge in [-0.25, -0.2) is 0 Å². The van der Waals surface area contributed by atoms with Gasteiger partial charge in [-0.15, -0.1) is 0 Å². The summed E-state index contributed by atoms with van der Waals surface area (Å²) in [6.45, 7) is 5.11. The van der Waals surface area contributed by atoms with E-state index < -0.39 is 0 Å². The molecule has 0 bridgehead atoms. The van der Waals surface area contributed by atoms with E-state index in [1.165, 1.54) is 5.56 Å². The first-order valence-corrected chi connectivity index (χ1v) is 7.11. The molecule has 1 fully saturated rings. The van der Waals surface area contributed by atoms with Gasteiger partial charge in [0.05, 0.1) is 20.3 Å². The largest absolute Gasteiger partial charge is 0.493 e. The summed E-state index contributed by atoms with van der Waals surface area (Å²) in [6.07, 6.45) is 1.60. The number of aliphatic hydroxyl groups excluding tert-OH is 1. The minimum Gasteiger partial charge on any atom is -0.493 e. The fraction of sp³-hybridized carbons (Fsp3) is 0.625. The van der Waals surface area contributed by atoms with Crippen molar-refractivity contribution in [1.29, 1.82) is 0 Å². The van der Waals surface area contributed by atoms with Crippen LogP contribution in [0, 0.1) is 5.41 Å².